The summed E-state index contributed by atoms with van der Waals surface area (Å²) in [6, 6.07) is 9.33. The fourth-order valence-corrected chi connectivity index (χ4v) is 6.46. The number of esters is 1. The normalized spacial score (nSPS) is 17.8. The first-order valence-electron chi connectivity index (χ1n) is 16.7. The molecule has 0 bridgehead atoms. The van der Waals surface area contributed by atoms with Gasteiger partial charge in [0.1, 0.15) is 6.10 Å². The molecule has 2 unspecified atom stereocenters. The highest BCUT2D eigenvalue weighted by Crippen LogP contribution is 2.50. The molecule has 2 atom stereocenters. The van der Waals surface area contributed by atoms with Gasteiger partial charge in [0.2, 0.25) is 0 Å². The molecular formula is C34H59NO7P+. The van der Waals surface area contributed by atoms with Crippen LogP contribution in [0.5, 0.6) is 0 Å². The van der Waals surface area contributed by atoms with Gasteiger partial charge in [-0.3, -0.25) is 18.7 Å². The first kappa shape index (κ1) is 37.5. The van der Waals surface area contributed by atoms with Crippen molar-refractivity contribution in [1.82, 2.24) is 0 Å². The summed E-state index contributed by atoms with van der Waals surface area (Å²) in [6.07, 6.45) is 19.0. The number of phosphoric ester groups is 1. The zero-order chi connectivity index (χ0) is 31.4. The Kier molecular flexibility index (Phi) is 18.4. The predicted octanol–water partition coefficient (Wildman–Crippen LogP) is 8.79. The quantitative estimate of drug-likeness (QED) is 0.0404. The molecule has 9 heteroatoms. The summed E-state index contributed by atoms with van der Waals surface area (Å²) in [4.78, 5) is 22.3. The van der Waals surface area contributed by atoms with E-state index in [1.54, 1.807) is 0 Å². The van der Waals surface area contributed by atoms with Gasteiger partial charge in [0, 0.05) is 31.9 Å². The van der Waals surface area contributed by atoms with Crippen molar-refractivity contribution < 1.29 is 37.3 Å². The Morgan fingerprint density at radius 1 is 0.884 bits per heavy atom. The second-order valence-electron chi connectivity index (χ2n) is 12.4. The first-order chi connectivity index (χ1) is 20.6. The molecule has 1 N–H and O–H groups in total. The Balaban J connectivity index is 1.69. The number of likely N-dealkylation sites (tertiary alicyclic amines) is 1. The monoisotopic (exact) mass is 624 g/mol. The Hall–Kier alpha value is -1.70. The highest BCUT2D eigenvalue weighted by Gasteiger charge is 2.37. The number of allylic oxidation sites excluding steroid dienone is 1. The summed E-state index contributed by atoms with van der Waals surface area (Å²) in [5, 5.41) is 0. The van der Waals surface area contributed by atoms with Crippen LogP contribution in [0.2, 0.25) is 0 Å². The number of rotatable bonds is 24. The molecule has 0 radical (unpaired) electrons. The lowest BCUT2D eigenvalue weighted by Gasteiger charge is -2.27. The number of phosphoric acid groups is 1. The van der Waals surface area contributed by atoms with Crippen molar-refractivity contribution in [2.45, 2.75) is 123 Å². The number of hydrogen-bond donors (Lipinski definition) is 1. The van der Waals surface area contributed by atoms with Gasteiger partial charge in [-0.1, -0.05) is 121 Å². The molecule has 8 nitrogen and oxygen atoms in total. The lowest BCUT2D eigenvalue weighted by Crippen LogP contribution is -2.34. The maximum Gasteiger partial charge on any atom is 0.527 e. The summed E-state index contributed by atoms with van der Waals surface area (Å²) in [5.41, 5.74) is 1.66. The van der Waals surface area contributed by atoms with Gasteiger partial charge in [-0.05, 0) is 6.42 Å². The first-order valence-corrected chi connectivity index (χ1v) is 18.2. The molecule has 0 saturated carbocycles. The molecule has 43 heavy (non-hydrogen) atoms. The van der Waals surface area contributed by atoms with Gasteiger partial charge in [-0.25, -0.2) is 4.57 Å². The molecule has 0 aromatic heterocycles. The second kappa shape index (κ2) is 21.1. The van der Waals surface area contributed by atoms with Crippen LogP contribution in [0.3, 0.4) is 0 Å². The van der Waals surface area contributed by atoms with Crippen molar-refractivity contribution in [3.8, 4) is 0 Å². The highest BCUT2D eigenvalue weighted by atomic mass is 31.2. The second-order valence-corrected chi connectivity index (χ2v) is 13.8. The average molecular weight is 625 g/mol. The summed E-state index contributed by atoms with van der Waals surface area (Å²) < 4.78 is 35.7. The minimum absolute atomic E-state index is 0.0918. The largest absolute Gasteiger partial charge is 0.527 e. The number of ether oxygens (including phenoxy) is 2. The number of carbonyl (C=O) groups is 1. The Labute approximate surface area is 261 Å². The van der Waals surface area contributed by atoms with E-state index in [0.29, 0.717) is 16.8 Å². The number of nitrogens with zero attached hydrogens (tertiary/aromatic N) is 1. The molecule has 0 amide bonds. The molecule has 246 valence electrons. The van der Waals surface area contributed by atoms with Crippen LogP contribution in [0.25, 0.3) is 5.76 Å². The van der Waals surface area contributed by atoms with E-state index in [2.05, 4.69) is 21.0 Å². The zero-order valence-corrected chi connectivity index (χ0v) is 28.3. The van der Waals surface area contributed by atoms with E-state index >= 15 is 0 Å². The molecule has 2 rings (SSSR count). The minimum atomic E-state index is -4.51. The molecule has 0 aliphatic carbocycles. The van der Waals surface area contributed by atoms with E-state index in [1.807, 2.05) is 30.3 Å². The summed E-state index contributed by atoms with van der Waals surface area (Å²) in [6.45, 7) is 4.80. The number of benzene rings is 1. The zero-order valence-electron chi connectivity index (χ0n) is 27.4. The highest BCUT2D eigenvalue weighted by molar-refractivity contribution is 7.47. The number of unbranched alkanes of at least 4 members (excludes halogenated alkanes) is 13. The SMILES string of the molecule is CCCCCCCCCCCCCCCCOCC(COP(=O)(O)OC(=C1CCC[N+]1(C)C)c1ccccc1)OC(C)=O. The Morgan fingerprint density at radius 3 is 1.95 bits per heavy atom. The van der Waals surface area contributed by atoms with Crippen LogP contribution in [0.15, 0.2) is 36.0 Å². The number of quaternary nitrogens is 1. The van der Waals surface area contributed by atoms with Crippen molar-refractivity contribution in [1.29, 1.82) is 0 Å². The summed E-state index contributed by atoms with van der Waals surface area (Å²) in [5.74, 6) is -0.133. The fourth-order valence-electron chi connectivity index (χ4n) is 5.61. The van der Waals surface area contributed by atoms with Gasteiger partial charge in [-0.15, -0.1) is 0 Å². The smallest absolute Gasteiger partial charge is 0.458 e. The molecule has 1 aromatic carbocycles. The van der Waals surface area contributed by atoms with Crippen LogP contribution in [0, 0.1) is 0 Å². The van der Waals surface area contributed by atoms with E-state index in [9.17, 15) is 14.3 Å². The van der Waals surface area contributed by atoms with Crippen LogP contribution < -0.4 is 0 Å². The third kappa shape index (κ3) is 16.3. The number of hydrogen-bond acceptors (Lipinski definition) is 6. The van der Waals surface area contributed by atoms with Crippen LogP contribution in [-0.2, 0) is 27.9 Å². The van der Waals surface area contributed by atoms with E-state index in [4.69, 9.17) is 18.5 Å². The molecule has 0 spiro atoms. The fraction of sp³-hybridized carbons (Fsp3) is 0.735. The van der Waals surface area contributed by atoms with Crippen molar-refractivity contribution in [2.75, 3.05) is 40.5 Å². The van der Waals surface area contributed by atoms with Gasteiger partial charge in [0.25, 0.3) is 0 Å². The molecule has 1 fully saturated rings. The standard InChI is InChI=1S/C34H58NO7P/c1-5-6-7-8-9-10-11-12-13-14-15-16-17-21-27-39-28-32(41-30(2)36)29-40-43(37,38)42-34(31-23-19-18-20-24-31)33-25-22-26-35(33,3)4/h18-20,23-24,32H,5-17,21-22,25-29H2,1-4H3/p+1. The van der Waals surface area contributed by atoms with Gasteiger partial charge in [0.05, 0.1) is 33.9 Å². The lowest BCUT2D eigenvalue weighted by molar-refractivity contribution is -0.842. The number of carbonyl (C=O) groups excluding carboxylic acids is 1. The van der Waals surface area contributed by atoms with Crippen molar-refractivity contribution >= 4 is 19.6 Å². The molecule has 1 heterocycles. The van der Waals surface area contributed by atoms with Crippen molar-refractivity contribution in [3.63, 3.8) is 0 Å². The van der Waals surface area contributed by atoms with Gasteiger partial charge >= 0.3 is 13.8 Å². The predicted molar refractivity (Wildman–Crippen MR) is 173 cm³/mol. The third-order valence-electron chi connectivity index (χ3n) is 8.07. The van der Waals surface area contributed by atoms with E-state index in [0.717, 1.165) is 43.5 Å². The summed E-state index contributed by atoms with van der Waals surface area (Å²) >= 11 is 0. The lowest BCUT2D eigenvalue weighted by atomic mass is 10.0. The maximum atomic E-state index is 13.1. The Bertz CT molecular complexity index is 982. The van der Waals surface area contributed by atoms with Crippen molar-refractivity contribution in [2.24, 2.45) is 0 Å². The van der Waals surface area contributed by atoms with Crippen LogP contribution in [-0.4, -0.2) is 61.9 Å². The van der Waals surface area contributed by atoms with Crippen LogP contribution in [0.4, 0.5) is 0 Å². The topological polar surface area (TPSA) is 91.3 Å². The maximum absolute atomic E-state index is 13.1. The minimum Gasteiger partial charge on any atom is -0.458 e. The van der Waals surface area contributed by atoms with E-state index in [1.165, 1.54) is 84.0 Å². The third-order valence-corrected chi connectivity index (χ3v) is 8.96. The molecular weight excluding hydrogens is 565 g/mol. The van der Waals surface area contributed by atoms with Gasteiger partial charge in [0.15, 0.2) is 11.5 Å². The van der Waals surface area contributed by atoms with Gasteiger partial charge in [-0.2, -0.15) is 0 Å². The molecule has 1 saturated heterocycles. The van der Waals surface area contributed by atoms with Crippen molar-refractivity contribution in [3.05, 3.63) is 41.6 Å². The Morgan fingerprint density at radius 2 is 1.44 bits per heavy atom. The van der Waals surface area contributed by atoms with Crippen LogP contribution >= 0.6 is 7.82 Å². The van der Waals surface area contributed by atoms with E-state index < -0.39 is 19.9 Å². The summed E-state index contributed by atoms with van der Waals surface area (Å²) in [7, 11) is -0.392. The van der Waals surface area contributed by atoms with Gasteiger partial charge < -0.3 is 14.0 Å². The van der Waals surface area contributed by atoms with Crippen LogP contribution in [0.1, 0.15) is 122 Å². The molecule has 1 aromatic rings. The molecule has 1 aliphatic heterocycles. The average Bonchev–Trinajstić information content (AvgIpc) is 3.33. The van der Waals surface area contributed by atoms with E-state index in [-0.39, 0.29) is 13.2 Å². The molecule has 1 aliphatic rings.